The topological polar surface area (TPSA) is 190 Å². The van der Waals surface area contributed by atoms with Crippen LogP contribution in [0.2, 0.25) is 36.3 Å². The summed E-state index contributed by atoms with van der Waals surface area (Å²) in [4.78, 5) is 67.2. The summed E-state index contributed by atoms with van der Waals surface area (Å²) < 4.78 is 36.7. The van der Waals surface area contributed by atoms with Crippen molar-refractivity contribution in [3.63, 3.8) is 0 Å². The van der Waals surface area contributed by atoms with Crippen LogP contribution in [0.25, 0.3) is 22.5 Å². The lowest BCUT2D eigenvalue weighted by Crippen LogP contribution is -2.50. The SMILES string of the molecule is CC(C)(C)OC(=O)N1C[C@H](CN(C(=O)OC(Cl)(Cl)Cl)[C@@H](c2nc(-c3ccccc3)cn2Cc2ccccc2)C(C)(C)C)[C@@H](O[Si](C)(C)C(C)(C)C)C1.CC(C)(C)OC(=O)N1C[C@H](CN[C@@H](c2nc(-c3ccccc3)cn2Cc2ccccc2)C(C)(C)C)[C@@H](O[Si](C)(C)C(C)(C)C)C1.O=C(OC(Cl)(Cl)Cl)OC(Cl)(Cl)Cl. The molecule has 109 heavy (non-hydrogen) atoms. The number of amides is 3. The number of hydrogen-bond acceptors (Lipinski definition) is 14. The fourth-order valence-electron chi connectivity index (χ4n) is 12.0. The van der Waals surface area contributed by atoms with E-state index in [9.17, 15) is 19.2 Å². The van der Waals surface area contributed by atoms with Crippen molar-refractivity contribution in [3.8, 4) is 22.5 Å². The zero-order valence-corrected chi connectivity index (χ0v) is 75.6. The first-order chi connectivity index (χ1) is 49.8. The lowest BCUT2D eigenvalue weighted by atomic mass is 9.84. The van der Waals surface area contributed by atoms with Gasteiger partial charge in [0.25, 0.3) is 0 Å². The second-order valence-corrected chi connectivity index (χ2v) is 50.9. The molecule has 0 saturated carbocycles. The fraction of sp³-hybridized carbons (Fsp3) is 0.570. The number of hydrogen-bond donors (Lipinski definition) is 1. The zero-order chi connectivity index (χ0) is 82.1. The van der Waals surface area contributed by atoms with Crippen LogP contribution in [0.5, 0.6) is 0 Å². The molecule has 6 aromatic rings. The van der Waals surface area contributed by atoms with Crippen LogP contribution in [0.15, 0.2) is 134 Å². The molecule has 0 spiro atoms. The van der Waals surface area contributed by atoms with E-state index in [1.165, 1.54) is 5.56 Å². The number of halogens is 9. The second kappa shape index (κ2) is 37.3. The summed E-state index contributed by atoms with van der Waals surface area (Å²) in [5.74, 6) is 1.43. The van der Waals surface area contributed by atoms with Crippen LogP contribution in [0.1, 0.15) is 159 Å². The Balaban J connectivity index is 0.000000298. The van der Waals surface area contributed by atoms with Crippen LogP contribution in [-0.4, -0.2) is 149 Å². The van der Waals surface area contributed by atoms with Crippen LogP contribution < -0.4 is 5.32 Å². The molecule has 2 aromatic heterocycles. The molecule has 30 heteroatoms. The molecule has 19 nitrogen and oxygen atoms in total. The summed E-state index contributed by atoms with van der Waals surface area (Å²) >= 11 is 48.6. The van der Waals surface area contributed by atoms with E-state index in [-0.39, 0.29) is 58.7 Å². The fourth-order valence-corrected chi connectivity index (χ4v) is 15.3. The normalized spacial score (nSPS) is 17.6. The molecule has 1 N–H and O–H groups in total. The van der Waals surface area contributed by atoms with Gasteiger partial charge < -0.3 is 56.8 Å². The predicted molar refractivity (Wildman–Crippen MR) is 447 cm³/mol. The highest BCUT2D eigenvalue weighted by atomic mass is 35.6. The van der Waals surface area contributed by atoms with E-state index in [1.807, 2.05) is 128 Å². The summed E-state index contributed by atoms with van der Waals surface area (Å²) in [7, 11) is -4.44. The van der Waals surface area contributed by atoms with Gasteiger partial charge in [0.2, 0.25) is 0 Å². The highest BCUT2D eigenvalue weighted by molar-refractivity contribution is 6.74. The van der Waals surface area contributed by atoms with Gasteiger partial charge >= 0.3 is 36.4 Å². The maximum Gasteiger partial charge on any atom is 0.515 e. The van der Waals surface area contributed by atoms with Crippen LogP contribution in [0, 0.1) is 22.7 Å². The monoisotopic (exact) mass is 1720 g/mol. The Morgan fingerprint density at radius 1 is 0.468 bits per heavy atom. The Labute approximate surface area is 693 Å². The molecule has 2 aliphatic heterocycles. The molecule has 8 rings (SSSR count). The van der Waals surface area contributed by atoms with Crippen molar-refractivity contribution in [1.29, 1.82) is 0 Å². The highest BCUT2D eigenvalue weighted by Crippen LogP contribution is 2.46. The summed E-state index contributed by atoms with van der Waals surface area (Å²) in [6.07, 6.45) is 0.780. The Morgan fingerprint density at radius 2 is 0.817 bits per heavy atom. The van der Waals surface area contributed by atoms with E-state index >= 15 is 0 Å². The maximum atomic E-state index is 14.4. The molecule has 6 atom stereocenters. The van der Waals surface area contributed by atoms with Gasteiger partial charge in [-0.2, -0.15) is 0 Å². The van der Waals surface area contributed by atoms with Crippen molar-refractivity contribution >= 4 is 145 Å². The smallest absolute Gasteiger partial charge is 0.444 e. The molecule has 2 fully saturated rings. The van der Waals surface area contributed by atoms with Crippen LogP contribution in [0.4, 0.5) is 19.2 Å². The first-order valence-corrected chi connectivity index (χ1v) is 45.5. The number of nitrogens with one attached hydrogen (secondary N) is 1. The largest absolute Gasteiger partial charge is 0.515 e. The van der Waals surface area contributed by atoms with Gasteiger partial charge in [0.1, 0.15) is 22.9 Å². The molecule has 604 valence electrons. The highest BCUT2D eigenvalue weighted by Gasteiger charge is 2.50. The van der Waals surface area contributed by atoms with E-state index in [4.69, 9.17) is 137 Å². The number of carbonyl (C=O) groups excluding carboxylic acids is 4. The number of likely N-dealkylation sites (tertiary alicyclic amines) is 2. The molecular formula is C79H111Cl9N8O11Si2. The van der Waals surface area contributed by atoms with Crippen LogP contribution in [-0.2, 0) is 45.6 Å². The Bertz CT molecular complexity index is 3900. The third-order valence-corrected chi connectivity index (χ3v) is 28.8. The van der Waals surface area contributed by atoms with Crippen LogP contribution >= 0.6 is 104 Å². The molecule has 2 aliphatic rings. The quantitative estimate of drug-likeness (QED) is 0.0370. The van der Waals surface area contributed by atoms with Gasteiger partial charge in [-0.25, -0.2) is 29.1 Å². The average Bonchev–Trinajstić information content (AvgIpc) is 1.67. The second-order valence-electron chi connectivity index (χ2n) is 34.8. The Morgan fingerprint density at radius 3 is 1.17 bits per heavy atom. The van der Waals surface area contributed by atoms with Crippen molar-refractivity contribution in [1.82, 2.24) is 39.1 Å². The van der Waals surface area contributed by atoms with E-state index < -0.39 is 75.7 Å². The van der Waals surface area contributed by atoms with Crippen molar-refractivity contribution in [2.45, 2.75) is 221 Å². The molecule has 0 radical (unpaired) electrons. The lowest BCUT2D eigenvalue weighted by Gasteiger charge is -2.43. The van der Waals surface area contributed by atoms with E-state index in [0.717, 1.165) is 40.4 Å². The number of alkyl halides is 9. The zero-order valence-electron chi connectivity index (χ0n) is 66.8. The maximum absolute atomic E-state index is 14.4. The first-order valence-electron chi connectivity index (χ1n) is 36.3. The summed E-state index contributed by atoms with van der Waals surface area (Å²) in [5, 5.41) is 3.91. The van der Waals surface area contributed by atoms with Crippen molar-refractivity contribution in [2.24, 2.45) is 22.7 Å². The van der Waals surface area contributed by atoms with Gasteiger partial charge in [-0.3, -0.25) is 4.90 Å². The minimum Gasteiger partial charge on any atom is -0.444 e. The molecule has 0 unspecified atom stereocenters. The van der Waals surface area contributed by atoms with Crippen molar-refractivity contribution in [2.75, 3.05) is 39.3 Å². The average molecular weight is 1720 g/mol. The number of imidazole rings is 2. The molecule has 3 amide bonds. The number of benzene rings is 4. The molecule has 2 saturated heterocycles. The van der Waals surface area contributed by atoms with E-state index in [1.54, 1.807) is 9.80 Å². The molecule has 0 aliphatic carbocycles. The van der Waals surface area contributed by atoms with Gasteiger partial charge in [-0.1, -0.05) is 204 Å². The molecule has 4 aromatic carbocycles. The third-order valence-electron chi connectivity index (χ3n) is 19.1. The minimum atomic E-state index is -2.35. The number of ether oxygens (including phenoxy) is 5. The Hall–Kier alpha value is -4.70. The van der Waals surface area contributed by atoms with Gasteiger partial charge in [-0.05, 0) is 204 Å². The summed E-state index contributed by atoms with van der Waals surface area (Å²) in [6.45, 7) is 50.2. The van der Waals surface area contributed by atoms with E-state index in [2.05, 4.69) is 185 Å². The standard InChI is InChI=1S/C39H55Cl3N4O5Si.C37H56N4O3Si.C3Cl6O3/c1-36(2,3)32(33-43-30(28-20-16-13-17-21-28)25-44(33)22-27-18-14-12-15-19-27)46(35(48)50-39(40,41)42)24-29-23-45(34(47)49-37(4,5)6)26-31(29)51-52(10,11)38(7,8)9;1-35(2,3)32(33-39-30(28-20-16-13-17-21-28)25-40(33)23-27-18-14-12-15-19-27)38-22-29-24-41(34(42)43-36(4,5)6)26-31(29)44-45(10,11)37(7,8)9;4-2(5,6)11-1(10)12-3(7,8)9/h12-21,25,29,31-32H,22-24,26H2,1-11H3;12-21,25,29,31-32,38H,22-24,26H2,1-11H3;/t29-,31+,32+;29-,31-,32-;/m10./s1. The number of aromatic nitrogens is 4. The van der Waals surface area contributed by atoms with Crippen LogP contribution in [0.3, 0.4) is 0 Å². The first kappa shape index (κ1) is 93.2. The molecular weight excluding hydrogens is 1610 g/mol. The number of rotatable bonds is 18. The summed E-state index contributed by atoms with van der Waals surface area (Å²) in [5.41, 5.74) is 4.09. The predicted octanol–water partition coefficient (Wildman–Crippen LogP) is 23.0. The summed E-state index contributed by atoms with van der Waals surface area (Å²) in [6, 6.07) is 40.2. The molecule has 0 bridgehead atoms. The van der Waals surface area contributed by atoms with Gasteiger partial charge in [-0.15, -0.1) is 0 Å². The van der Waals surface area contributed by atoms with E-state index in [0.29, 0.717) is 38.5 Å². The molecule has 4 heterocycles. The van der Waals surface area contributed by atoms with Crippen molar-refractivity contribution < 1.29 is 51.7 Å². The van der Waals surface area contributed by atoms with Crippen molar-refractivity contribution in [3.05, 3.63) is 156 Å². The van der Waals surface area contributed by atoms with Gasteiger partial charge in [0.05, 0.1) is 35.7 Å². The Kier molecular flexibility index (Phi) is 31.9. The minimum absolute atomic E-state index is 0.0391. The van der Waals surface area contributed by atoms with Gasteiger partial charge in [0, 0.05) is 87.7 Å². The number of carbonyl (C=O) groups is 4. The lowest BCUT2D eigenvalue weighted by molar-refractivity contribution is 0.0258. The third kappa shape index (κ3) is 29.6. The number of nitrogens with zero attached hydrogens (tertiary/aromatic N) is 7. The van der Waals surface area contributed by atoms with Gasteiger partial charge in [0.15, 0.2) is 16.6 Å².